The van der Waals surface area contributed by atoms with Gasteiger partial charge in [-0.05, 0) is 23.6 Å². The van der Waals surface area contributed by atoms with Gasteiger partial charge >= 0.3 is 5.97 Å². The molecule has 0 atom stereocenters. The average Bonchev–Trinajstić information content (AvgIpc) is 2.34. The van der Waals surface area contributed by atoms with Gasteiger partial charge in [0, 0.05) is 6.61 Å². The number of carboxylic acids is 1. The highest BCUT2D eigenvalue weighted by atomic mass is 32.2. The topological polar surface area (TPSA) is 80.7 Å². The van der Waals surface area contributed by atoms with Crippen LogP contribution in [0.15, 0.2) is 29.2 Å². The summed E-state index contributed by atoms with van der Waals surface area (Å²) in [5, 5.41) is 8.65. The second-order valence-corrected chi connectivity index (χ2v) is 7.11. The van der Waals surface area contributed by atoms with Crippen LogP contribution in [0.3, 0.4) is 0 Å². The summed E-state index contributed by atoms with van der Waals surface area (Å²) in [5.41, 5.74) is 0.576. The SMILES string of the molecule is CC(C)COCCS(=O)(=O)c1ccc(CC(=O)O)cc1. The molecule has 0 saturated carbocycles. The zero-order chi connectivity index (χ0) is 15.2. The molecule has 0 saturated heterocycles. The molecular formula is C14H20O5S. The van der Waals surface area contributed by atoms with Gasteiger partial charge in [0.1, 0.15) is 0 Å². The summed E-state index contributed by atoms with van der Waals surface area (Å²) in [6, 6.07) is 5.93. The highest BCUT2D eigenvalue weighted by Gasteiger charge is 2.14. The lowest BCUT2D eigenvalue weighted by Crippen LogP contribution is -2.14. The lowest BCUT2D eigenvalue weighted by molar-refractivity contribution is -0.136. The van der Waals surface area contributed by atoms with E-state index in [-0.39, 0.29) is 23.7 Å². The summed E-state index contributed by atoms with van der Waals surface area (Å²) < 4.78 is 29.3. The van der Waals surface area contributed by atoms with E-state index in [1.54, 1.807) is 0 Å². The van der Waals surface area contributed by atoms with Crippen molar-refractivity contribution < 1.29 is 23.1 Å². The summed E-state index contributed by atoms with van der Waals surface area (Å²) in [6.07, 6.45) is -0.113. The van der Waals surface area contributed by atoms with Crippen molar-refractivity contribution in [2.75, 3.05) is 19.0 Å². The van der Waals surface area contributed by atoms with Crippen molar-refractivity contribution in [2.24, 2.45) is 5.92 Å². The monoisotopic (exact) mass is 300 g/mol. The van der Waals surface area contributed by atoms with Crippen molar-refractivity contribution in [3.8, 4) is 0 Å². The second kappa shape index (κ2) is 7.40. The Morgan fingerprint density at radius 3 is 2.35 bits per heavy atom. The first-order valence-electron chi connectivity index (χ1n) is 6.42. The Morgan fingerprint density at radius 2 is 1.85 bits per heavy atom. The molecule has 0 spiro atoms. The number of hydrogen-bond donors (Lipinski definition) is 1. The normalized spacial score (nSPS) is 11.8. The first-order valence-corrected chi connectivity index (χ1v) is 8.07. The Hall–Kier alpha value is -1.40. The lowest BCUT2D eigenvalue weighted by atomic mass is 10.2. The fraction of sp³-hybridized carbons (Fsp3) is 0.500. The highest BCUT2D eigenvalue weighted by Crippen LogP contribution is 2.13. The number of hydrogen-bond acceptors (Lipinski definition) is 4. The van der Waals surface area contributed by atoms with E-state index in [4.69, 9.17) is 9.84 Å². The predicted octanol–water partition coefficient (Wildman–Crippen LogP) is 1.76. The molecule has 0 bridgehead atoms. The van der Waals surface area contributed by atoms with Crippen molar-refractivity contribution in [1.82, 2.24) is 0 Å². The Balaban J connectivity index is 2.61. The first kappa shape index (κ1) is 16.7. The van der Waals surface area contributed by atoms with Crippen LogP contribution in [0.4, 0.5) is 0 Å². The van der Waals surface area contributed by atoms with Gasteiger partial charge in [-0.2, -0.15) is 0 Å². The molecule has 0 unspecified atom stereocenters. The molecule has 20 heavy (non-hydrogen) atoms. The molecule has 6 heteroatoms. The van der Waals surface area contributed by atoms with Gasteiger partial charge in [0.25, 0.3) is 0 Å². The maximum Gasteiger partial charge on any atom is 0.307 e. The maximum atomic E-state index is 12.0. The Bertz CT molecular complexity index is 531. The summed E-state index contributed by atoms with van der Waals surface area (Å²) in [4.78, 5) is 10.7. The van der Waals surface area contributed by atoms with Gasteiger partial charge in [0.2, 0.25) is 0 Å². The van der Waals surface area contributed by atoms with Crippen LogP contribution < -0.4 is 0 Å². The van der Waals surface area contributed by atoms with Gasteiger partial charge in [-0.25, -0.2) is 8.42 Å². The maximum absolute atomic E-state index is 12.0. The third-order valence-electron chi connectivity index (χ3n) is 2.59. The smallest absolute Gasteiger partial charge is 0.307 e. The van der Waals surface area contributed by atoms with Crippen molar-refractivity contribution >= 4 is 15.8 Å². The average molecular weight is 300 g/mol. The lowest BCUT2D eigenvalue weighted by Gasteiger charge is -2.08. The van der Waals surface area contributed by atoms with E-state index in [9.17, 15) is 13.2 Å². The standard InChI is InChI=1S/C14H20O5S/c1-11(2)10-19-7-8-20(17,18)13-5-3-12(4-6-13)9-14(15)16/h3-6,11H,7-10H2,1-2H3,(H,15,16). The van der Waals surface area contributed by atoms with Crippen LogP contribution in [-0.4, -0.2) is 38.5 Å². The van der Waals surface area contributed by atoms with Crippen LogP contribution in [0.5, 0.6) is 0 Å². The van der Waals surface area contributed by atoms with Crippen molar-refractivity contribution in [3.05, 3.63) is 29.8 Å². The molecule has 5 nitrogen and oxygen atoms in total. The number of carbonyl (C=O) groups is 1. The highest BCUT2D eigenvalue weighted by molar-refractivity contribution is 7.91. The summed E-state index contributed by atoms with van der Waals surface area (Å²) >= 11 is 0. The minimum absolute atomic E-state index is 0.0714. The van der Waals surface area contributed by atoms with E-state index < -0.39 is 15.8 Å². The van der Waals surface area contributed by atoms with Crippen molar-refractivity contribution in [1.29, 1.82) is 0 Å². The molecule has 0 aliphatic rings. The zero-order valence-corrected chi connectivity index (χ0v) is 12.5. The van der Waals surface area contributed by atoms with E-state index >= 15 is 0 Å². The number of benzene rings is 1. The van der Waals surface area contributed by atoms with Crippen molar-refractivity contribution in [2.45, 2.75) is 25.2 Å². The number of aliphatic carboxylic acids is 1. The van der Waals surface area contributed by atoms with Gasteiger partial charge in [-0.3, -0.25) is 4.79 Å². The molecule has 0 aliphatic carbocycles. The van der Waals surface area contributed by atoms with Gasteiger partial charge in [-0.1, -0.05) is 26.0 Å². The Morgan fingerprint density at radius 1 is 1.25 bits per heavy atom. The van der Waals surface area contributed by atoms with E-state index in [0.717, 1.165) is 0 Å². The fourth-order valence-corrected chi connectivity index (χ4v) is 2.72. The summed E-state index contributed by atoms with van der Waals surface area (Å²) in [5.74, 6) is -0.645. The van der Waals surface area contributed by atoms with E-state index in [1.165, 1.54) is 24.3 Å². The number of sulfone groups is 1. The molecule has 0 aliphatic heterocycles. The minimum Gasteiger partial charge on any atom is -0.481 e. The van der Waals surface area contributed by atoms with Gasteiger partial charge in [-0.15, -0.1) is 0 Å². The quantitative estimate of drug-likeness (QED) is 0.740. The van der Waals surface area contributed by atoms with E-state index in [1.807, 2.05) is 13.8 Å². The van der Waals surface area contributed by atoms with E-state index in [0.29, 0.717) is 18.1 Å². The third-order valence-corrected chi connectivity index (χ3v) is 4.28. The Kier molecular flexibility index (Phi) is 6.16. The molecule has 0 fully saturated rings. The summed E-state index contributed by atoms with van der Waals surface area (Å²) in [6.45, 7) is 4.69. The van der Waals surface area contributed by atoms with Crippen molar-refractivity contribution in [3.63, 3.8) is 0 Å². The third kappa shape index (κ3) is 5.71. The van der Waals surface area contributed by atoms with Gasteiger partial charge < -0.3 is 9.84 Å². The molecule has 0 amide bonds. The molecular weight excluding hydrogens is 280 g/mol. The predicted molar refractivity (Wildman–Crippen MR) is 75.5 cm³/mol. The summed E-state index contributed by atoms with van der Waals surface area (Å²) in [7, 11) is -3.38. The molecule has 1 N–H and O–H groups in total. The number of ether oxygens (including phenoxy) is 1. The van der Waals surface area contributed by atoms with Crippen LogP contribution >= 0.6 is 0 Å². The van der Waals surface area contributed by atoms with Crippen LogP contribution in [0, 0.1) is 5.92 Å². The number of carboxylic acid groups (broad SMARTS) is 1. The number of rotatable bonds is 8. The van der Waals surface area contributed by atoms with E-state index in [2.05, 4.69) is 0 Å². The molecule has 0 heterocycles. The molecule has 0 aromatic heterocycles. The largest absolute Gasteiger partial charge is 0.481 e. The molecule has 0 radical (unpaired) electrons. The molecule has 112 valence electrons. The van der Waals surface area contributed by atoms with Gasteiger partial charge in [0.15, 0.2) is 9.84 Å². The molecule has 1 aromatic rings. The van der Waals surface area contributed by atoms with Crippen LogP contribution in [-0.2, 0) is 25.8 Å². The Labute approximate surface area is 119 Å². The zero-order valence-electron chi connectivity index (χ0n) is 11.7. The minimum atomic E-state index is -3.38. The molecule has 1 rings (SSSR count). The molecule has 1 aromatic carbocycles. The van der Waals surface area contributed by atoms with Gasteiger partial charge in [0.05, 0.1) is 23.7 Å². The second-order valence-electron chi connectivity index (χ2n) is 5.00. The van der Waals surface area contributed by atoms with Crippen LogP contribution in [0.25, 0.3) is 0 Å². The van der Waals surface area contributed by atoms with Crippen LogP contribution in [0.2, 0.25) is 0 Å². The first-order chi connectivity index (χ1) is 9.31. The van der Waals surface area contributed by atoms with Crippen LogP contribution in [0.1, 0.15) is 19.4 Å². The fourth-order valence-electron chi connectivity index (χ4n) is 1.59.